The second-order valence-corrected chi connectivity index (χ2v) is 15.1. The van der Waals surface area contributed by atoms with Gasteiger partial charge in [0.1, 0.15) is 0 Å². The maximum atomic E-state index is 2.54. The van der Waals surface area contributed by atoms with Crippen molar-refractivity contribution in [3.05, 3.63) is 195 Å². The van der Waals surface area contributed by atoms with Crippen molar-refractivity contribution in [3.63, 3.8) is 0 Å². The zero-order chi connectivity index (χ0) is 33.3. The molecular weight excluding hydrogens is 623 g/mol. The molecule has 1 heterocycles. The maximum absolute atomic E-state index is 2.54. The summed E-state index contributed by atoms with van der Waals surface area (Å²) in [6, 6.07) is 29.6. The summed E-state index contributed by atoms with van der Waals surface area (Å²) in [4.78, 5) is 5.56. The van der Waals surface area contributed by atoms with Gasteiger partial charge in [-0.2, -0.15) is 0 Å². The van der Waals surface area contributed by atoms with E-state index >= 15 is 0 Å². The minimum atomic E-state index is 0.214. The quantitative estimate of drug-likeness (QED) is 0.247. The van der Waals surface area contributed by atoms with E-state index in [-0.39, 0.29) is 6.04 Å². The maximum Gasteiger partial charge on any atom is 0.0560 e. The van der Waals surface area contributed by atoms with Crippen molar-refractivity contribution < 1.29 is 0 Å². The normalized spacial score (nSPS) is 23.8. The standard InChI is InChI=1S/C48H43NS/c1-4-13-34(14-5-1)36-23-27-40(28-24-36)49(42-20-12-19-39(33-42)35-15-6-2-7-16-35)41-29-25-38(26-30-41)44-32-31-43(37-17-8-3-9-18-37)47-45-21-10-11-22-46(45)50-48(44)47/h1,4-6,8,11-20,22-27,29-33,40,43,47H,2-3,7,9-10,21,28H2. The molecule has 0 spiro atoms. The number of allylic oxidation sites excluding steroid dienone is 17. The average molecular weight is 666 g/mol. The van der Waals surface area contributed by atoms with Crippen LogP contribution in [0.4, 0.5) is 11.4 Å². The monoisotopic (exact) mass is 665 g/mol. The van der Waals surface area contributed by atoms with E-state index < -0.39 is 0 Å². The number of fused-ring (bicyclic) bond motifs is 2. The van der Waals surface area contributed by atoms with Gasteiger partial charge in [-0.3, -0.25) is 0 Å². The summed E-state index contributed by atoms with van der Waals surface area (Å²) in [5.41, 5.74) is 13.5. The smallest absolute Gasteiger partial charge is 0.0560 e. The van der Waals surface area contributed by atoms with Gasteiger partial charge >= 0.3 is 0 Å². The third-order valence-electron chi connectivity index (χ3n) is 11.0. The minimum Gasteiger partial charge on any atom is -0.334 e. The van der Waals surface area contributed by atoms with Crippen LogP contribution in [0.5, 0.6) is 0 Å². The van der Waals surface area contributed by atoms with E-state index in [0.717, 1.165) is 38.5 Å². The Morgan fingerprint density at radius 3 is 2.16 bits per heavy atom. The van der Waals surface area contributed by atoms with Gasteiger partial charge in [-0.05, 0) is 114 Å². The Bertz CT molecular complexity index is 2110. The molecule has 3 unspecified atom stereocenters. The van der Waals surface area contributed by atoms with E-state index in [1.807, 2.05) is 11.8 Å². The van der Waals surface area contributed by atoms with Gasteiger partial charge in [0, 0.05) is 33.0 Å². The Labute approximate surface area is 301 Å². The fourth-order valence-corrected chi connectivity index (χ4v) is 9.94. The summed E-state index contributed by atoms with van der Waals surface area (Å²) in [7, 11) is 0. The van der Waals surface area contributed by atoms with Crippen LogP contribution in [0, 0.1) is 11.8 Å². The van der Waals surface area contributed by atoms with Crippen LogP contribution in [0.25, 0.3) is 16.7 Å². The predicted octanol–water partition coefficient (Wildman–Crippen LogP) is 13.1. The van der Waals surface area contributed by atoms with Crippen molar-refractivity contribution in [2.45, 2.75) is 51.0 Å². The molecule has 0 fully saturated rings. The molecule has 0 bridgehead atoms. The molecule has 0 N–H and O–H groups in total. The van der Waals surface area contributed by atoms with Gasteiger partial charge in [-0.1, -0.05) is 145 Å². The Kier molecular flexibility index (Phi) is 8.64. The molecule has 3 atom stereocenters. The molecule has 5 aliphatic carbocycles. The van der Waals surface area contributed by atoms with Crippen molar-refractivity contribution in [3.8, 4) is 0 Å². The van der Waals surface area contributed by atoms with Crippen LogP contribution in [0.1, 0.15) is 61.6 Å². The first-order valence-electron chi connectivity index (χ1n) is 18.5. The first kappa shape index (κ1) is 31.2. The van der Waals surface area contributed by atoms with Crippen LogP contribution in [-0.2, 0) is 0 Å². The molecule has 0 amide bonds. The lowest BCUT2D eigenvalue weighted by Gasteiger charge is -2.34. The van der Waals surface area contributed by atoms with Crippen molar-refractivity contribution in [1.29, 1.82) is 0 Å². The molecule has 3 aromatic carbocycles. The molecule has 0 saturated carbocycles. The second kappa shape index (κ2) is 13.8. The molecule has 246 valence electrons. The lowest BCUT2D eigenvalue weighted by Crippen LogP contribution is -2.30. The molecule has 2 heteroatoms. The van der Waals surface area contributed by atoms with E-state index in [0.29, 0.717) is 11.8 Å². The van der Waals surface area contributed by atoms with Gasteiger partial charge in [-0.25, -0.2) is 0 Å². The first-order chi connectivity index (χ1) is 24.8. The van der Waals surface area contributed by atoms with E-state index in [4.69, 9.17) is 0 Å². The number of anilines is 2. The van der Waals surface area contributed by atoms with Gasteiger partial charge in [0.2, 0.25) is 0 Å². The number of thioether (sulfide) groups is 1. The number of hydrogen-bond acceptors (Lipinski definition) is 2. The summed E-state index contributed by atoms with van der Waals surface area (Å²) in [6.45, 7) is 0. The molecule has 50 heavy (non-hydrogen) atoms. The van der Waals surface area contributed by atoms with Crippen LogP contribution >= 0.6 is 11.8 Å². The molecule has 0 radical (unpaired) electrons. The molecule has 0 saturated heterocycles. The zero-order valence-electron chi connectivity index (χ0n) is 28.5. The molecular formula is C48H43NS. The highest BCUT2D eigenvalue weighted by Gasteiger charge is 2.40. The number of rotatable bonds is 7. The Balaban J connectivity index is 1.07. The summed E-state index contributed by atoms with van der Waals surface area (Å²) in [5, 5.41) is 0. The van der Waals surface area contributed by atoms with E-state index in [2.05, 4.69) is 163 Å². The van der Waals surface area contributed by atoms with E-state index in [9.17, 15) is 0 Å². The molecule has 9 rings (SSSR count). The molecule has 3 aromatic rings. The van der Waals surface area contributed by atoms with Gasteiger partial charge in [0.05, 0.1) is 6.04 Å². The zero-order valence-corrected chi connectivity index (χ0v) is 29.4. The Morgan fingerprint density at radius 2 is 1.38 bits per heavy atom. The number of hydrogen-bond donors (Lipinski definition) is 0. The lowest BCUT2D eigenvalue weighted by atomic mass is 9.73. The van der Waals surface area contributed by atoms with Crippen LogP contribution in [0.2, 0.25) is 0 Å². The average Bonchev–Trinajstić information content (AvgIpc) is 3.59. The van der Waals surface area contributed by atoms with Gasteiger partial charge in [0.15, 0.2) is 0 Å². The van der Waals surface area contributed by atoms with Crippen molar-refractivity contribution in [2.75, 3.05) is 4.90 Å². The summed E-state index contributed by atoms with van der Waals surface area (Å²) in [5.74, 6) is 0.883. The van der Waals surface area contributed by atoms with Crippen LogP contribution in [-0.4, -0.2) is 6.04 Å². The minimum absolute atomic E-state index is 0.214. The SMILES string of the molecule is C1=CC(c2cccc(N(c3ccc(C4=C5SC6=C(CCC=C6)C5C(C5=CCCC=C5)C=C4)cc3)C3C=CC(c4ccccc4)=CC3)c2)=CCC1. The summed E-state index contributed by atoms with van der Waals surface area (Å²) in [6.07, 6.45) is 38.8. The number of nitrogens with zero attached hydrogens (tertiary/aromatic N) is 1. The van der Waals surface area contributed by atoms with Crippen LogP contribution in [0.3, 0.4) is 0 Å². The predicted molar refractivity (Wildman–Crippen MR) is 216 cm³/mol. The lowest BCUT2D eigenvalue weighted by molar-refractivity contribution is 0.582. The molecule has 1 aliphatic heterocycles. The summed E-state index contributed by atoms with van der Waals surface area (Å²) < 4.78 is 0. The highest BCUT2D eigenvalue weighted by Crippen LogP contribution is 2.58. The van der Waals surface area contributed by atoms with Crippen molar-refractivity contribution in [1.82, 2.24) is 0 Å². The third kappa shape index (κ3) is 6.01. The molecule has 0 aromatic heterocycles. The fourth-order valence-electron chi connectivity index (χ4n) is 8.47. The van der Waals surface area contributed by atoms with Crippen molar-refractivity contribution in [2.24, 2.45) is 11.8 Å². The van der Waals surface area contributed by atoms with Gasteiger partial charge in [0.25, 0.3) is 0 Å². The number of benzene rings is 3. The highest BCUT2D eigenvalue weighted by molar-refractivity contribution is 8.07. The second-order valence-electron chi connectivity index (χ2n) is 14.1. The van der Waals surface area contributed by atoms with Gasteiger partial charge in [-0.15, -0.1) is 0 Å². The van der Waals surface area contributed by atoms with E-state index in [1.54, 1.807) is 5.57 Å². The topological polar surface area (TPSA) is 3.24 Å². The summed E-state index contributed by atoms with van der Waals surface area (Å²) >= 11 is 2.03. The van der Waals surface area contributed by atoms with Crippen LogP contribution in [0.15, 0.2) is 179 Å². The largest absolute Gasteiger partial charge is 0.334 e. The molecule has 1 nitrogen and oxygen atoms in total. The molecule has 6 aliphatic rings. The van der Waals surface area contributed by atoms with Crippen molar-refractivity contribution >= 4 is 39.9 Å². The van der Waals surface area contributed by atoms with E-state index in [1.165, 1.54) is 66.6 Å². The van der Waals surface area contributed by atoms with Crippen LogP contribution < -0.4 is 4.90 Å². The fraction of sp³-hybridized carbons (Fsp3) is 0.208. The Hall–Kier alpha value is -4.79. The third-order valence-corrected chi connectivity index (χ3v) is 12.3. The highest BCUT2D eigenvalue weighted by atomic mass is 32.2. The Morgan fingerprint density at radius 1 is 0.580 bits per heavy atom. The first-order valence-corrected chi connectivity index (χ1v) is 19.3. The van der Waals surface area contributed by atoms with Gasteiger partial charge < -0.3 is 4.90 Å².